The molecule has 0 amide bonds. The Morgan fingerprint density at radius 2 is 1.43 bits per heavy atom. The number of esters is 3. The number of anilines is 1. The molecule has 0 saturated heterocycles. The first-order valence-corrected chi connectivity index (χ1v) is 9.23. The van der Waals surface area contributed by atoms with Crippen molar-refractivity contribution < 1.29 is 33.4 Å². The zero-order valence-corrected chi connectivity index (χ0v) is 16.8. The third kappa shape index (κ3) is 2.67. The first-order chi connectivity index (χ1) is 14.4. The lowest BCUT2D eigenvalue weighted by molar-refractivity contribution is -0.167. The molecule has 1 atom stereocenters. The molecule has 156 valence electrons. The summed E-state index contributed by atoms with van der Waals surface area (Å²) < 4.78 is 14.9. The van der Waals surface area contributed by atoms with Gasteiger partial charge >= 0.3 is 17.9 Å². The highest BCUT2D eigenvalue weighted by Gasteiger charge is 2.74. The second kappa shape index (κ2) is 7.98. The highest BCUT2D eigenvalue weighted by molar-refractivity contribution is 6.42. The second-order valence-corrected chi connectivity index (χ2v) is 6.57. The maximum atomic E-state index is 13.7. The van der Waals surface area contributed by atoms with Crippen molar-refractivity contribution in [3.8, 4) is 0 Å². The number of carbonyl (C=O) groups excluding carboxylic acids is 4. The standard InChI is InChI=1S/C22H21NO7/c1-4-30-18(25)17(24)21(14-10-6-5-7-11-14)15-12-8-9-13-16(15)23-22(21,19(26)28-2)20(27)29-3/h5-13,23H,4H2,1-3H3. The molecule has 0 saturated carbocycles. The normalized spacial score (nSPS) is 18.5. The molecule has 0 aliphatic carbocycles. The monoisotopic (exact) mass is 411 g/mol. The zero-order valence-electron chi connectivity index (χ0n) is 16.8. The molecule has 1 aliphatic rings. The van der Waals surface area contributed by atoms with Gasteiger partial charge in [0.15, 0.2) is 0 Å². The van der Waals surface area contributed by atoms with E-state index in [4.69, 9.17) is 14.2 Å². The zero-order chi connectivity index (χ0) is 21.9. The van der Waals surface area contributed by atoms with Gasteiger partial charge in [-0.2, -0.15) is 0 Å². The van der Waals surface area contributed by atoms with Gasteiger partial charge in [0.1, 0.15) is 5.41 Å². The largest absolute Gasteiger partial charge is 0.467 e. The summed E-state index contributed by atoms with van der Waals surface area (Å²) in [7, 11) is 2.17. The number of nitrogens with one attached hydrogen (secondary N) is 1. The Balaban J connectivity index is 2.51. The fourth-order valence-corrected chi connectivity index (χ4v) is 4.05. The lowest BCUT2D eigenvalue weighted by Crippen LogP contribution is -2.68. The van der Waals surface area contributed by atoms with Gasteiger partial charge in [0.05, 0.1) is 20.8 Å². The molecule has 1 N–H and O–H groups in total. The predicted octanol–water partition coefficient (Wildman–Crippen LogP) is 1.62. The minimum Gasteiger partial charge on any atom is -0.467 e. The van der Waals surface area contributed by atoms with Crippen molar-refractivity contribution in [3.05, 3.63) is 65.7 Å². The average molecular weight is 411 g/mol. The molecule has 1 aliphatic heterocycles. The number of rotatable bonds is 6. The SMILES string of the molecule is CCOC(=O)C(=O)C1(c2ccccc2)c2ccccc2NC1(C(=O)OC)C(=O)OC. The minimum absolute atomic E-state index is 0.0615. The number of carbonyl (C=O) groups is 4. The molecule has 0 radical (unpaired) electrons. The third-order valence-corrected chi connectivity index (χ3v) is 5.21. The summed E-state index contributed by atoms with van der Waals surface area (Å²) in [5.41, 5.74) is -3.70. The molecule has 2 aromatic carbocycles. The van der Waals surface area contributed by atoms with E-state index in [0.717, 1.165) is 14.2 Å². The molecule has 1 heterocycles. The Morgan fingerprint density at radius 1 is 0.867 bits per heavy atom. The van der Waals surface area contributed by atoms with E-state index in [9.17, 15) is 19.2 Å². The van der Waals surface area contributed by atoms with Crippen molar-refractivity contribution in [2.24, 2.45) is 0 Å². The van der Waals surface area contributed by atoms with Crippen LogP contribution in [0.4, 0.5) is 5.69 Å². The van der Waals surface area contributed by atoms with Crippen LogP contribution in [-0.2, 0) is 38.8 Å². The molecule has 0 fully saturated rings. The van der Waals surface area contributed by atoms with Crippen LogP contribution in [0.1, 0.15) is 18.1 Å². The molecule has 8 nitrogen and oxygen atoms in total. The van der Waals surface area contributed by atoms with E-state index in [1.165, 1.54) is 0 Å². The van der Waals surface area contributed by atoms with E-state index in [-0.39, 0.29) is 17.7 Å². The fourth-order valence-electron chi connectivity index (χ4n) is 4.05. The van der Waals surface area contributed by atoms with Crippen LogP contribution in [0.25, 0.3) is 0 Å². The van der Waals surface area contributed by atoms with Gasteiger partial charge in [-0.1, -0.05) is 48.5 Å². The summed E-state index contributed by atoms with van der Waals surface area (Å²) in [5, 5.41) is 2.84. The summed E-state index contributed by atoms with van der Waals surface area (Å²) >= 11 is 0. The lowest BCUT2D eigenvalue weighted by atomic mass is 9.60. The molecule has 0 bridgehead atoms. The number of benzene rings is 2. The maximum Gasteiger partial charge on any atom is 0.376 e. The van der Waals surface area contributed by atoms with E-state index < -0.39 is 34.6 Å². The van der Waals surface area contributed by atoms with Gasteiger partial charge < -0.3 is 19.5 Å². The van der Waals surface area contributed by atoms with Crippen molar-refractivity contribution in [1.29, 1.82) is 0 Å². The Kier molecular flexibility index (Phi) is 5.60. The predicted molar refractivity (Wildman–Crippen MR) is 106 cm³/mol. The Morgan fingerprint density at radius 3 is 2.00 bits per heavy atom. The first-order valence-electron chi connectivity index (χ1n) is 9.23. The number of ether oxygens (including phenoxy) is 3. The first kappa shape index (κ1) is 21.0. The van der Waals surface area contributed by atoms with Crippen LogP contribution >= 0.6 is 0 Å². The van der Waals surface area contributed by atoms with E-state index in [1.54, 1.807) is 61.5 Å². The number of Topliss-reactive ketones (excluding diaryl/α,β-unsaturated/α-hetero) is 1. The number of fused-ring (bicyclic) bond motifs is 1. The number of para-hydroxylation sites is 1. The summed E-state index contributed by atoms with van der Waals surface area (Å²) in [6.45, 7) is 1.49. The van der Waals surface area contributed by atoms with E-state index in [0.29, 0.717) is 5.69 Å². The van der Waals surface area contributed by atoms with E-state index in [1.807, 2.05) is 0 Å². The maximum absolute atomic E-state index is 13.7. The van der Waals surface area contributed by atoms with Crippen molar-refractivity contribution >= 4 is 29.4 Å². The molecule has 1 unspecified atom stereocenters. The number of hydrogen-bond acceptors (Lipinski definition) is 8. The molecule has 8 heteroatoms. The average Bonchev–Trinajstić information content (AvgIpc) is 3.10. The Labute approximate surface area is 173 Å². The molecule has 0 spiro atoms. The van der Waals surface area contributed by atoms with Gasteiger partial charge in [0.2, 0.25) is 0 Å². The topological polar surface area (TPSA) is 108 Å². The van der Waals surface area contributed by atoms with Gasteiger partial charge in [-0.05, 0) is 24.1 Å². The summed E-state index contributed by atoms with van der Waals surface area (Å²) in [4.78, 5) is 52.8. The van der Waals surface area contributed by atoms with Crippen LogP contribution in [0.3, 0.4) is 0 Å². The number of ketones is 1. The minimum atomic E-state index is -2.38. The van der Waals surface area contributed by atoms with Gasteiger partial charge in [-0.15, -0.1) is 0 Å². The Bertz CT molecular complexity index is 986. The molecule has 30 heavy (non-hydrogen) atoms. The van der Waals surface area contributed by atoms with E-state index >= 15 is 0 Å². The third-order valence-electron chi connectivity index (χ3n) is 5.21. The Hall–Kier alpha value is -3.68. The molecule has 2 aromatic rings. The highest BCUT2D eigenvalue weighted by Crippen LogP contribution is 2.53. The van der Waals surface area contributed by atoms with Crippen molar-refractivity contribution in [3.63, 3.8) is 0 Å². The van der Waals surface area contributed by atoms with Crippen LogP contribution in [0.2, 0.25) is 0 Å². The van der Waals surface area contributed by atoms with Crippen LogP contribution in [0.5, 0.6) is 0 Å². The van der Waals surface area contributed by atoms with Gasteiger partial charge in [-0.3, -0.25) is 4.79 Å². The van der Waals surface area contributed by atoms with Gasteiger partial charge in [0, 0.05) is 5.69 Å². The lowest BCUT2D eigenvalue weighted by Gasteiger charge is -2.40. The van der Waals surface area contributed by atoms with Crippen LogP contribution in [-0.4, -0.2) is 50.1 Å². The van der Waals surface area contributed by atoms with E-state index in [2.05, 4.69) is 5.32 Å². The van der Waals surface area contributed by atoms with Crippen LogP contribution in [0, 0.1) is 0 Å². The van der Waals surface area contributed by atoms with Gasteiger partial charge in [-0.25, -0.2) is 14.4 Å². The van der Waals surface area contributed by atoms with Crippen LogP contribution < -0.4 is 5.32 Å². The second-order valence-electron chi connectivity index (χ2n) is 6.57. The van der Waals surface area contributed by atoms with Crippen molar-refractivity contribution in [2.45, 2.75) is 17.9 Å². The van der Waals surface area contributed by atoms with Gasteiger partial charge in [0.25, 0.3) is 11.3 Å². The smallest absolute Gasteiger partial charge is 0.376 e. The summed E-state index contributed by atoms with van der Waals surface area (Å²) in [5.74, 6) is -4.43. The quantitative estimate of drug-likeness (QED) is 0.331. The van der Waals surface area contributed by atoms with Crippen LogP contribution in [0.15, 0.2) is 54.6 Å². The summed E-state index contributed by atoms with van der Waals surface area (Å²) in [6.07, 6.45) is 0. The number of methoxy groups -OCH3 is 2. The number of hydrogen-bond donors (Lipinski definition) is 1. The van der Waals surface area contributed by atoms with Crippen molar-refractivity contribution in [2.75, 3.05) is 26.1 Å². The molecular weight excluding hydrogens is 390 g/mol. The summed E-state index contributed by atoms with van der Waals surface area (Å²) in [6, 6.07) is 14.6. The van der Waals surface area contributed by atoms with Crippen molar-refractivity contribution in [1.82, 2.24) is 0 Å². The highest BCUT2D eigenvalue weighted by atomic mass is 16.6. The molecule has 0 aromatic heterocycles. The molecular formula is C22H21NO7. The molecule has 3 rings (SSSR count). The fraction of sp³-hybridized carbons (Fsp3) is 0.273.